The Kier molecular flexibility index (Phi) is 5.99. The van der Waals surface area contributed by atoms with Gasteiger partial charge in [-0.15, -0.1) is 0 Å². The second-order valence-electron chi connectivity index (χ2n) is 6.23. The molecule has 1 N–H and O–H groups in total. The quantitative estimate of drug-likeness (QED) is 0.828. The van der Waals surface area contributed by atoms with Crippen LogP contribution in [0.25, 0.3) is 0 Å². The van der Waals surface area contributed by atoms with Crippen LogP contribution < -0.4 is 5.32 Å². The average molecular weight is 276 g/mol. The summed E-state index contributed by atoms with van der Waals surface area (Å²) in [6, 6.07) is 4.21. The summed E-state index contributed by atoms with van der Waals surface area (Å²) in [5.41, 5.74) is 2.87. The highest BCUT2D eigenvalue weighted by atomic mass is 16.5. The van der Waals surface area contributed by atoms with E-state index in [1.165, 1.54) is 44.1 Å². The first-order valence-electron chi connectivity index (χ1n) is 7.85. The van der Waals surface area contributed by atoms with Crippen molar-refractivity contribution in [2.75, 3.05) is 20.3 Å². The van der Waals surface area contributed by atoms with E-state index in [0.29, 0.717) is 5.41 Å². The number of aromatic nitrogens is 1. The first kappa shape index (κ1) is 15.5. The van der Waals surface area contributed by atoms with Gasteiger partial charge >= 0.3 is 0 Å². The van der Waals surface area contributed by atoms with Gasteiger partial charge in [-0.25, -0.2) is 0 Å². The number of hydrogen-bond acceptors (Lipinski definition) is 3. The van der Waals surface area contributed by atoms with Crippen molar-refractivity contribution in [1.29, 1.82) is 0 Å². The molecule has 0 saturated heterocycles. The van der Waals surface area contributed by atoms with E-state index in [-0.39, 0.29) is 0 Å². The van der Waals surface area contributed by atoms with Gasteiger partial charge in [0, 0.05) is 33.0 Å². The van der Waals surface area contributed by atoms with E-state index >= 15 is 0 Å². The van der Waals surface area contributed by atoms with Crippen molar-refractivity contribution in [2.45, 2.75) is 52.0 Å². The highest BCUT2D eigenvalue weighted by molar-refractivity contribution is 5.14. The molecule has 0 aliphatic heterocycles. The van der Waals surface area contributed by atoms with Crippen LogP contribution in [0, 0.1) is 12.3 Å². The molecule has 2 rings (SSSR count). The van der Waals surface area contributed by atoms with Gasteiger partial charge in [0.1, 0.15) is 0 Å². The summed E-state index contributed by atoms with van der Waals surface area (Å²) in [7, 11) is 1.81. The molecule has 3 heteroatoms. The minimum Gasteiger partial charge on any atom is -0.385 e. The lowest BCUT2D eigenvalue weighted by Gasteiger charge is -2.37. The van der Waals surface area contributed by atoms with E-state index < -0.39 is 0 Å². The molecule has 0 aromatic carbocycles. The van der Waals surface area contributed by atoms with Crippen LogP contribution in [0.3, 0.4) is 0 Å². The zero-order chi connectivity index (χ0) is 14.3. The largest absolute Gasteiger partial charge is 0.385 e. The standard InChI is InChI=1S/C17H28N2O/c1-15-6-10-19-16(12-15)13-18-14-17(9-11-20-2)7-4-3-5-8-17/h6,10,12,18H,3-5,7-9,11,13-14H2,1-2H3. The maximum Gasteiger partial charge on any atom is 0.0544 e. The smallest absolute Gasteiger partial charge is 0.0544 e. The molecule has 1 fully saturated rings. The van der Waals surface area contributed by atoms with E-state index in [2.05, 4.69) is 23.3 Å². The number of nitrogens with zero attached hydrogens (tertiary/aromatic N) is 1. The molecule has 0 unspecified atom stereocenters. The van der Waals surface area contributed by atoms with Crippen LogP contribution in [-0.2, 0) is 11.3 Å². The van der Waals surface area contributed by atoms with Gasteiger partial charge in [0.25, 0.3) is 0 Å². The molecule has 1 saturated carbocycles. The summed E-state index contributed by atoms with van der Waals surface area (Å²) in [6.07, 6.45) is 9.89. The summed E-state index contributed by atoms with van der Waals surface area (Å²) in [4.78, 5) is 4.42. The molecule has 1 aliphatic carbocycles. The van der Waals surface area contributed by atoms with Gasteiger partial charge in [0.2, 0.25) is 0 Å². The Hall–Kier alpha value is -0.930. The van der Waals surface area contributed by atoms with Crippen molar-refractivity contribution in [2.24, 2.45) is 5.41 Å². The molecule has 20 heavy (non-hydrogen) atoms. The summed E-state index contributed by atoms with van der Waals surface area (Å²) in [5, 5.41) is 3.63. The number of methoxy groups -OCH3 is 1. The van der Waals surface area contributed by atoms with Gasteiger partial charge < -0.3 is 10.1 Å². The molecule has 1 heterocycles. The number of aryl methyl sites for hydroxylation is 1. The number of ether oxygens (including phenoxy) is 1. The molecule has 0 amide bonds. The molecule has 1 aliphatic rings. The molecule has 0 spiro atoms. The number of pyridine rings is 1. The van der Waals surface area contributed by atoms with Crippen LogP contribution in [-0.4, -0.2) is 25.2 Å². The maximum atomic E-state index is 5.31. The normalized spacial score (nSPS) is 18.1. The first-order chi connectivity index (χ1) is 9.74. The maximum absolute atomic E-state index is 5.31. The third-order valence-corrected chi connectivity index (χ3v) is 4.53. The Morgan fingerprint density at radius 1 is 1.30 bits per heavy atom. The van der Waals surface area contributed by atoms with Crippen molar-refractivity contribution in [1.82, 2.24) is 10.3 Å². The molecule has 1 aromatic heterocycles. The lowest BCUT2D eigenvalue weighted by atomic mass is 9.72. The van der Waals surface area contributed by atoms with Gasteiger partial charge in [-0.3, -0.25) is 4.98 Å². The van der Waals surface area contributed by atoms with Crippen LogP contribution in [0.15, 0.2) is 18.3 Å². The third-order valence-electron chi connectivity index (χ3n) is 4.53. The van der Waals surface area contributed by atoms with E-state index in [1.807, 2.05) is 12.3 Å². The van der Waals surface area contributed by atoms with E-state index in [1.54, 1.807) is 7.11 Å². The molecular weight excluding hydrogens is 248 g/mol. The minimum atomic E-state index is 0.443. The summed E-state index contributed by atoms with van der Waals surface area (Å²) < 4.78 is 5.31. The van der Waals surface area contributed by atoms with Crippen molar-refractivity contribution >= 4 is 0 Å². The van der Waals surface area contributed by atoms with Crippen LogP contribution in [0.5, 0.6) is 0 Å². The number of hydrogen-bond donors (Lipinski definition) is 1. The summed E-state index contributed by atoms with van der Waals surface area (Å²) in [6.45, 7) is 4.96. The van der Waals surface area contributed by atoms with E-state index in [0.717, 1.165) is 25.4 Å². The van der Waals surface area contributed by atoms with Crippen molar-refractivity contribution in [3.8, 4) is 0 Å². The highest BCUT2D eigenvalue weighted by Crippen LogP contribution is 2.38. The van der Waals surface area contributed by atoms with Crippen molar-refractivity contribution in [3.63, 3.8) is 0 Å². The van der Waals surface area contributed by atoms with Gasteiger partial charge in [-0.2, -0.15) is 0 Å². The Morgan fingerprint density at radius 2 is 2.10 bits per heavy atom. The zero-order valence-electron chi connectivity index (χ0n) is 13.0. The Balaban J connectivity index is 1.85. The molecule has 112 valence electrons. The average Bonchev–Trinajstić information content (AvgIpc) is 2.46. The molecule has 1 aromatic rings. The Bertz CT molecular complexity index is 400. The van der Waals surface area contributed by atoms with Crippen LogP contribution >= 0.6 is 0 Å². The van der Waals surface area contributed by atoms with Crippen LogP contribution in [0.2, 0.25) is 0 Å². The van der Waals surface area contributed by atoms with Gasteiger partial charge in [0.05, 0.1) is 5.69 Å². The lowest BCUT2D eigenvalue weighted by Crippen LogP contribution is -2.37. The summed E-state index contributed by atoms with van der Waals surface area (Å²) in [5.74, 6) is 0. The Labute approximate surface area is 123 Å². The topological polar surface area (TPSA) is 34.1 Å². The van der Waals surface area contributed by atoms with E-state index in [4.69, 9.17) is 4.74 Å². The molecular formula is C17H28N2O. The SMILES string of the molecule is COCCC1(CNCc2cc(C)ccn2)CCCCC1. The second-order valence-corrected chi connectivity index (χ2v) is 6.23. The lowest BCUT2D eigenvalue weighted by molar-refractivity contribution is 0.101. The second kappa shape index (κ2) is 7.75. The van der Waals surface area contributed by atoms with Crippen LogP contribution in [0.4, 0.5) is 0 Å². The predicted molar refractivity (Wildman–Crippen MR) is 82.7 cm³/mol. The fraction of sp³-hybridized carbons (Fsp3) is 0.706. The number of nitrogens with one attached hydrogen (secondary N) is 1. The predicted octanol–water partition coefficient (Wildman–Crippen LogP) is 3.47. The highest BCUT2D eigenvalue weighted by Gasteiger charge is 2.31. The summed E-state index contributed by atoms with van der Waals surface area (Å²) >= 11 is 0. The van der Waals surface area contributed by atoms with Crippen molar-refractivity contribution in [3.05, 3.63) is 29.6 Å². The molecule has 0 atom stereocenters. The fourth-order valence-electron chi connectivity index (χ4n) is 3.29. The number of rotatable bonds is 7. The molecule has 0 bridgehead atoms. The van der Waals surface area contributed by atoms with Gasteiger partial charge in [-0.1, -0.05) is 19.3 Å². The van der Waals surface area contributed by atoms with Crippen molar-refractivity contribution < 1.29 is 4.74 Å². The van der Waals surface area contributed by atoms with Crippen LogP contribution in [0.1, 0.15) is 49.8 Å². The minimum absolute atomic E-state index is 0.443. The third kappa shape index (κ3) is 4.57. The van der Waals surface area contributed by atoms with E-state index in [9.17, 15) is 0 Å². The van der Waals surface area contributed by atoms with Gasteiger partial charge in [0.15, 0.2) is 0 Å². The molecule has 0 radical (unpaired) electrons. The fourth-order valence-corrected chi connectivity index (χ4v) is 3.29. The first-order valence-corrected chi connectivity index (χ1v) is 7.85. The zero-order valence-corrected chi connectivity index (χ0v) is 13.0. The monoisotopic (exact) mass is 276 g/mol. The molecule has 3 nitrogen and oxygen atoms in total. The van der Waals surface area contributed by atoms with Gasteiger partial charge in [-0.05, 0) is 49.3 Å². The Morgan fingerprint density at radius 3 is 2.80 bits per heavy atom.